The van der Waals surface area contributed by atoms with Gasteiger partial charge >= 0.3 is 5.97 Å². The van der Waals surface area contributed by atoms with Gasteiger partial charge in [0.1, 0.15) is 0 Å². The number of carbonyl (C=O) groups is 1. The summed E-state index contributed by atoms with van der Waals surface area (Å²) in [5.74, 6) is 3.98. The predicted molar refractivity (Wildman–Crippen MR) is 37.4 cm³/mol. The molecule has 0 aromatic rings. The van der Waals surface area contributed by atoms with Gasteiger partial charge in [-0.25, -0.2) is 4.79 Å². The molecule has 0 spiro atoms. The molecule has 0 heterocycles. The first-order chi connectivity index (χ1) is 4.76. The Hall–Kier alpha value is -1.29. The smallest absolute Gasteiger partial charge is 0.354 e. The molecule has 4 N–H and O–H groups in total. The molecule has 0 atom stereocenters. The van der Waals surface area contributed by atoms with Gasteiger partial charge in [0.15, 0.2) is 0 Å². The van der Waals surface area contributed by atoms with E-state index in [0.717, 1.165) is 6.20 Å². The van der Waals surface area contributed by atoms with Crippen molar-refractivity contribution in [2.75, 3.05) is 0 Å². The van der Waals surface area contributed by atoms with Gasteiger partial charge in [-0.2, -0.15) is 5.90 Å². The summed E-state index contributed by atoms with van der Waals surface area (Å²) in [6.07, 6.45) is 3.05. The normalized spacial score (nSPS) is 10.7. The first-order valence-electron chi connectivity index (χ1n) is 2.69. The van der Waals surface area contributed by atoms with Crippen molar-refractivity contribution in [2.24, 2.45) is 11.6 Å². The average molecular weight is 142 g/mol. The Morgan fingerprint density at radius 3 is 2.60 bits per heavy atom. The van der Waals surface area contributed by atoms with E-state index in [1.807, 2.05) is 0 Å². The van der Waals surface area contributed by atoms with E-state index in [4.69, 9.17) is 5.73 Å². The maximum Gasteiger partial charge on any atom is 0.354 e. The van der Waals surface area contributed by atoms with Crippen LogP contribution >= 0.6 is 0 Å². The molecule has 0 saturated heterocycles. The number of rotatable bonds is 3. The van der Waals surface area contributed by atoms with Crippen molar-refractivity contribution in [3.05, 3.63) is 24.4 Å². The Morgan fingerprint density at radius 2 is 2.30 bits per heavy atom. The van der Waals surface area contributed by atoms with Gasteiger partial charge in [0.05, 0.1) is 5.57 Å². The topological polar surface area (TPSA) is 78.3 Å². The SMILES string of the molecule is C=CCC(=CN)C(=O)ON. The number of allylic oxidation sites excluding steroid dienone is 1. The summed E-state index contributed by atoms with van der Waals surface area (Å²) in [7, 11) is 0. The maximum atomic E-state index is 10.6. The van der Waals surface area contributed by atoms with Gasteiger partial charge in [0.2, 0.25) is 0 Å². The van der Waals surface area contributed by atoms with Gasteiger partial charge in [-0.05, 0) is 6.42 Å². The third kappa shape index (κ3) is 2.32. The summed E-state index contributed by atoms with van der Waals surface area (Å²) in [5, 5.41) is 0. The lowest BCUT2D eigenvalue weighted by Crippen LogP contribution is -2.13. The molecule has 0 fully saturated rings. The number of nitrogens with two attached hydrogens (primary N) is 2. The van der Waals surface area contributed by atoms with Gasteiger partial charge in [0.25, 0.3) is 0 Å². The monoisotopic (exact) mass is 142 g/mol. The highest BCUT2D eigenvalue weighted by Crippen LogP contribution is 2.00. The maximum absolute atomic E-state index is 10.6. The van der Waals surface area contributed by atoms with E-state index < -0.39 is 5.97 Å². The second kappa shape index (κ2) is 4.58. The van der Waals surface area contributed by atoms with E-state index in [1.54, 1.807) is 0 Å². The zero-order valence-electron chi connectivity index (χ0n) is 5.54. The van der Waals surface area contributed by atoms with Crippen molar-refractivity contribution < 1.29 is 9.63 Å². The van der Waals surface area contributed by atoms with Crippen LogP contribution in [0.2, 0.25) is 0 Å². The van der Waals surface area contributed by atoms with Crippen LogP contribution in [-0.4, -0.2) is 5.97 Å². The van der Waals surface area contributed by atoms with Gasteiger partial charge in [-0.15, -0.1) is 6.58 Å². The molecule has 0 aliphatic heterocycles. The fraction of sp³-hybridized carbons (Fsp3) is 0.167. The summed E-state index contributed by atoms with van der Waals surface area (Å²) in [6, 6.07) is 0. The quantitative estimate of drug-likeness (QED) is 0.325. The molecule has 0 rings (SSSR count). The van der Waals surface area contributed by atoms with Gasteiger partial charge < -0.3 is 10.6 Å². The first kappa shape index (κ1) is 8.71. The van der Waals surface area contributed by atoms with Crippen molar-refractivity contribution in [3.63, 3.8) is 0 Å². The fourth-order valence-corrected chi connectivity index (χ4v) is 0.451. The Bertz CT molecular complexity index is 163. The largest absolute Gasteiger partial charge is 0.404 e. The highest BCUT2D eigenvalue weighted by atomic mass is 16.7. The number of hydrogen-bond donors (Lipinski definition) is 2. The van der Waals surface area contributed by atoms with Crippen LogP contribution in [0.15, 0.2) is 24.4 Å². The Labute approximate surface area is 59.1 Å². The number of carbonyl (C=O) groups excluding carboxylic acids is 1. The second-order valence-electron chi connectivity index (χ2n) is 1.59. The predicted octanol–water partition coefficient (Wildman–Crippen LogP) is -0.178. The van der Waals surface area contributed by atoms with Gasteiger partial charge in [-0.3, -0.25) is 0 Å². The van der Waals surface area contributed by atoms with E-state index in [2.05, 4.69) is 17.3 Å². The van der Waals surface area contributed by atoms with Crippen molar-refractivity contribution >= 4 is 5.97 Å². The van der Waals surface area contributed by atoms with E-state index >= 15 is 0 Å². The van der Waals surface area contributed by atoms with Crippen molar-refractivity contribution in [3.8, 4) is 0 Å². The lowest BCUT2D eigenvalue weighted by atomic mass is 10.2. The van der Waals surface area contributed by atoms with Crippen LogP contribution in [0.4, 0.5) is 0 Å². The van der Waals surface area contributed by atoms with E-state index in [9.17, 15) is 4.79 Å². The fourth-order valence-electron chi connectivity index (χ4n) is 0.451. The molecule has 0 bridgehead atoms. The van der Waals surface area contributed by atoms with Crippen molar-refractivity contribution in [1.82, 2.24) is 0 Å². The standard InChI is InChI=1S/C6H10N2O2/c1-2-3-5(4-7)6(9)10-8/h2,4H,1,3,7-8H2. The minimum Gasteiger partial charge on any atom is -0.404 e. The Kier molecular flexibility index (Phi) is 3.99. The molecule has 0 unspecified atom stereocenters. The molecule has 0 radical (unpaired) electrons. The summed E-state index contributed by atoms with van der Waals surface area (Å²) in [4.78, 5) is 14.5. The van der Waals surface area contributed by atoms with Crippen molar-refractivity contribution in [2.45, 2.75) is 6.42 Å². The summed E-state index contributed by atoms with van der Waals surface area (Å²) in [6.45, 7) is 3.42. The highest BCUT2D eigenvalue weighted by molar-refractivity contribution is 5.88. The molecule has 0 aromatic heterocycles. The zero-order valence-corrected chi connectivity index (χ0v) is 5.54. The van der Waals surface area contributed by atoms with Crippen LogP contribution in [0.1, 0.15) is 6.42 Å². The second-order valence-corrected chi connectivity index (χ2v) is 1.59. The molecule has 0 aliphatic carbocycles. The molecule has 10 heavy (non-hydrogen) atoms. The molecule has 4 heteroatoms. The van der Waals surface area contributed by atoms with E-state index in [1.165, 1.54) is 6.08 Å². The van der Waals surface area contributed by atoms with Crippen LogP contribution in [0, 0.1) is 0 Å². The lowest BCUT2D eigenvalue weighted by molar-refractivity contribution is -0.139. The van der Waals surface area contributed by atoms with Crippen LogP contribution in [-0.2, 0) is 9.63 Å². The van der Waals surface area contributed by atoms with E-state index in [-0.39, 0.29) is 0 Å². The molecule has 0 aromatic carbocycles. The third-order valence-corrected chi connectivity index (χ3v) is 0.935. The molecule has 56 valence electrons. The first-order valence-corrected chi connectivity index (χ1v) is 2.69. The Morgan fingerprint density at radius 1 is 1.70 bits per heavy atom. The molecule has 0 aliphatic rings. The van der Waals surface area contributed by atoms with Crippen LogP contribution in [0.5, 0.6) is 0 Å². The minimum absolute atomic E-state index is 0.303. The molecular formula is C6H10N2O2. The van der Waals surface area contributed by atoms with Crippen molar-refractivity contribution in [1.29, 1.82) is 0 Å². The average Bonchev–Trinajstić information content (AvgIpc) is 1.99. The van der Waals surface area contributed by atoms with Gasteiger partial charge in [0, 0.05) is 6.20 Å². The highest BCUT2D eigenvalue weighted by Gasteiger charge is 2.05. The minimum atomic E-state index is -0.623. The van der Waals surface area contributed by atoms with Crippen LogP contribution in [0.3, 0.4) is 0 Å². The van der Waals surface area contributed by atoms with Gasteiger partial charge in [-0.1, -0.05) is 6.08 Å². The van der Waals surface area contributed by atoms with E-state index in [0.29, 0.717) is 12.0 Å². The third-order valence-electron chi connectivity index (χ3n) is 0.935. The molecular weight excluding hydrogens is 132 g/mol. The summed E-state index contributed by atoms with van der Waals surface area (Å²) in [5.41, 5.74) is 5.37. The molecule has 0 amide bonds. The van der Waals surface area contributed by atoms with Crippen LogP contribution < -0.4 is 11.6 Å². The zero-order chi connectivity index (χ0) is 7.98. The summed E-state index contributed by atoms with van der Waals surface area (Å²) >= 11 is 0. The lowest BCUT2D eigenvalue weighted by Gasteiger charge is -1.97. The molecule has 4 nitrogen and oxygen atoms in total. The Balaban J connectivity index is 4.08. The van der Waals surface area contributed by atoms with Crippen LogP contribution in [0.25, 0.3) is 0 Å². The number of hydrogen-bond acceptors (Lipinski definition) is 4. The summed E-state index contributed by atoms with van der Waals surface area (Å²) < 4.78 is 0. The molecule has 0 saturated carbocycles.